The molecule has 1 heterocycles. The third-order valence-corrected chi connectivity index (χ3v) is 7.43. The molecule has 0 aliphatic heterocycles. The highest BCUT2D eigenvalue weighted by atomic mass is 32.2. The van der Waals surface area contributed by atoms with E-state index in [-0.39, 0.29) is 17.1 Å². The zero-order valence-electron chi connectivity index (χ0n) is 21.3. The van der Waals surface area contributed by atoms with Crippen LogP contribution < -0.4 is 24.8 Å². The second-order valence-electron chi connectivity index (χ2n) is 8.04. The molecule has 0 bridgehead atoms. The van der Waals surface area contributed by atoms with Crippen molar-refractivity contribution < 1.29 is 23.8 Å². The first-order chi connectivity index (χ1) is 18.4. The number of thiazole rings is 1. The van der Waals surface area contributed by atoms with E-state index in [1.54, 1.807) is 44.6 Å². The second-order valence-corrected chi connectivity index (χ2v) is 10.3. The summed E-state index contributed by atoms with van der Waals surface area (Å²) < 4.78 is 15.9. The van der Waals surface area contributed by atoms with Gasteiger partial charge in [-0.15, -0.1) is 23.1 Å². The molecule has 8 nitrogen and oxygen atoms in total. The maximum atomic E-state index is 12.8. The number of hydrogen-bond acceptors (Lipinski definition) is 8. The van der Waals surface area contributed by atoms with E-state index in [4.69, 9.17) is 14.2 Å². The number of rotatable bonds is 10. The standard InChI is InChI=1S/C28H27N3O5S2/c1-17(26(32)31-28-30-22(16-37-28)21-7-5-6-8-23(21)34-2)38-20-12-10-19(11-13-20)29-27(33)18-9-14-24(35-3)25(15-18)36-4/h5-17H,1-4H3,(H,29,33)(H,30,31,32). The first kappa shape index (κ1) is 27.0. The van der Waals surface area contributed by atoms with Gasteiger partial charge in [-0.1, -0.05) is 12.1 Å². The van der Waals surface area contributed by atoms with Gasteiger partial charge in [-0.3, -0.25) is 9.59 Å². The van der Waals surface area contributed by atoms with E-state index in [1.165, 1.54) is 30.2 Å². The van der Waals surface area contributed by atoms with Crippen molar-refractivity contribution in [1.82, 2.24) is 4.98 Å². The first-order valence-electron chi connectivity index (χ1n) is 11.6. The molecular weight excluding hydrogens is 522 g/mol. The van der Waals surface area contributed by atoms with Crippen LogP contribution in [0.3, 0.4) is 0 Å². The normalized spacial score (nSPS) is 11.4. The van der Waals surface area contributed by atoms with E-state index in [2.05, 4.69) is 15.6 Å². The molecule has 10 heteroatoms. The minimum absolute atomic E-state index is 0.151. The quantitative estimate of drug-likeness (QED) is 0.227. The van der Waals surface area contributed by atoms with Gasteiger partial charge in [0.15, 0.2) is 16.6 Å². The number of nitrogens with one attached hydrogen (secondary N) is 2. The van der Waals surface area contributed by atoms with E-state index < -0.39 is 0 Å². The Balaban J connectivity index is 1.33. The van der Waals surface area contributed by atoms with Crippen molar-refractivity contribution in [2.24, 2.45) is 0 Å². The van der Waals surface area contributed by atoms with Gasteiger partial charge >= 0.3 is 0 Å². The van der Waals surface area contributed by atoms with Crippen LogP contribution >= 0.6 is 23.1 Å². The summed E-state index contributed by atoms with van der Waals surface area (Å²) in [6.07, 6.45) is 0. The topological polar surface area (TPSA) is 98.8 Å². The number of carbonyl (C=O) groups excluding carboxylic acids is 2. The Morgan fingerprint density at radius 1 is 0.868 bits per heavy atom. The minimum Gasteiger partial charge on any atom is -0.496 e. The number of amides is 2. The lowest BCUT2D eigenvalue weighted by Crippen LogP contribution is -2.22. The smallest absolute Gasteiger partial charge is 0.255 e. The van der Waals surface area contributed by atoms with Gasteiger partial charge in [0.1, 0.15) is 5.75 Å². The molecule has 1 unspecified atom stereocenters. The second kappa shape index (κ2) is 12.5. The van der Waals surface area contributed by atoms with Crippen LogP contribution in [0.25, 0.3) is 11.3 Å². The third kappa shape index (κ3) is 6.45. The zero-order valence-corrected chi connectivity index (χ0v) is 22.9. The Kier molecular flexibility index (Phi) is 8.88. The minimum atomic E-state index is -0.360. The Labute approximate surface area is 229 Å². The Morgan fingerprint density at radius 3 is 2.29 bits per heavy atom. The molecule has 4 rings (SSSR count). The number of ether oxygens (including phenoxy) is 3. The molecule has 2 N–H and O–H groups in total. The molecule has 1 atom stereocenters. The van der Waals surface area contributed by atoms with Crippen molar-refractivity contribution >= 4 is 45.7 Å². The van der Waals surface area contributed by atoms with Crippen molar-refractivity contribution in [1.29, 1.82) is 0 Å². The molecule has 196 valence electrons. The molecular formula is C28H27N3O5S2. The molecule has 0 aliphatic carbocycles. The van der Waals surface area contributed by atoms with E-state index in [9.17, 15) is 9.59 Å². The Morgan fingerprint density at radius 2 is 1.58 bits per heavy atom. The molecule has 0 radical (unpaired) electrons. The van der Waals surface area contributed by atoms with Crippen molar-refractivity contribution in [2.75, 3.05) is 32.0 Å². The SMILES string of the molecule is COc1ccc(C(=O)Nc2ccc(SC(C)C(=O)Nc3nc(-c4ccccc4OC)cs3)cc2)cc1OC. The van der Waals surface area contributed by atoms with Gasteiger partial charge in [0.2, 0.25) is 5.91 Å². The van der Waals surface area contributed by atoms with Gasteiger partial charge < -0.3 is 24.8 Å². The van der Waals surface area contributed by atoms with Crippen molar-refractivity contribution in [3.63, 3.8) is 0 Å². The van der Waals surface area contributed by atoms with Crippen LogP contribution in [0, 0.1) is 0 Å². The third-order valence-electron chi connectivity index (χ3n) is 5.56. The maximum Gasteiger partial charge on any atom is 0.255 e. The van der Waals surface area contributed by atoms with Crippen LogP contribution in [0.4, 0.5) is 10.8 Å². The zero-order chi connectivity index (χ0) is 27.1. The van der Waals surface area contributed by atoms with Gasteiger partial charge in [-0.05, 0) is 61.5 Å². The largest absolute Gasteiger partial charge is 0.496 e. The number of benzene rings is 3. The van der Waals surface area contributed by atoms with Crippen LogP contribution in [0.1, 0.15) is 17.3 Å². The number of nitrogens with zero attached hydrogens (tertiary/aromatic N) is 1. The summed E-state index contributed by atoms with van der Waals surface area (Å²) in [6, 6.07) is 19.9. The lowest BCUT2D eigenvalue weighted by atomic mass is 10.1. The monoisotopic (exact) mass is 549 g/mol. The highest BCUT2D eigenvalue weighted by Gasteiger charge is 2.18. The summed E-state index contributed by atoms with van der Waals surface area (Å²) in [7, 11) is 4.68. The van der Waals surface area contributed by atoms with Gasteiger partial charge in [0.05, 0.1) is 32.3 Å². The summed E-state index contributed by atoms with van der Waals surface area (Å²) in [5.41, 5.74) is 2.70. The van der Waals surface area contributed by atoms with Gasteiger partial charge in [0.25, 0.3) is 5.91 Å². The number of anilines is 2. The summed E-state index contributed by atoms with van der Waals surface area (Å²) >= 11 is 2.78. The fraction of sp³-hybridized carbons (Fsp3) is 0.179. The summed E-state index contributed by atoms with van der Waals surface area (Å²) in [4.78, 5) is 30.9. The molecule has 2 amide bonds. The summed E-state index contributed by atoms with van der Waals surface area (Å²) in [6.45, 7) is 1.83. The number of aromatic nitrogens is 1. The van der Waals surface area contributed by atoms with E-state index >= 15 is 0 Å². The predicted octanol–water partition coefficient (Wildman–Crippen LogP) is 6.21. The average Bonchev–Trinajstić information content (AvgIpc) is 3.41. The molecule has 0 spiro atoms. The van der Waals surface area contributed by atoms with Crippen molar-refractivity contribution in [3.8, 4) is 28.5 Å². The average molecular weight is 550 g/mol. The lowest BCUT2D eigenvalue weighted by molar-refractivity contribution is -0.115. The maximum absolute atomic E-state index is 12.8. The van der Waals surface area contributed by atoms with Crippen molar-refractivity contribution in [3.05, 3.63) is 77.7 Å². The van der Waals surface area contributed by atoms with Crippen LogP contribution in [0.5, 0.6) is 17.2 Å². The Bertz CT molecular complexity index is 1420. The molecule has 38 heavy (non-hydrogen) atoms. The highest BCUT2D eigenvalue weighted by Crippen LogP contribution is 2.33. The number of hydrogen-bond donors (Lipinski definition) is 2. The molecule has 1 aromatic heterocycles. The van der Waals surface area contributed by atoms with Crippen molar-refractivity contribution in [2.45, 2.75) is 17.1 Å². The van der Waals surface area contributed by atoms with Gasteiger partial charge in [0, 0.05) is 27.1 Å². The van der Waals surface area contributed by atoms with Gasteiger partial charge in [-0.25, -0.2) is 4.98 Å². The van der Waals surface area contributed by atoms with Crippen LogP contribution in [-0.2, 0) is 4.79 Å². The fourth-order valence-electron chi connectivity index (χ4n) is 3.57. The molecule has 0 saturated carbocycles. The van der Waals surface area contributed by atoms with Crippen LogP contribution in [-0.4, -0.2) is 43.4 Å². The number of thioether (sulfide) groups is 1. The lowest BCUT2D eigenvalue weighted by Gasteiger charge is -2.12. The first-order valence-corrected chi connectivity index (χ1v) is 13.4. The molecule has 4 aromatic rings. The van der Waals surface area contributed by atoms with E-state index in [0.717, 1.165) is 21.9 Å². The van der Waals surface area contributed by atoms with Crippen LogP contribution in [0.15, 0.2) is 77.0 Å². The van der Waals surface area contributed by atoms with E-state index in [1.807, 2.05) is 48.7 Å². The summed E-state index contributed by atoms with van der Waals surface area (Å²) in [5, 5.41) is 7.81. The summed E-state index contributed by atoms with van der Waals surface area (Å²) in [5.74, 6) is 1.34. The number of methoxy groups -OCH3 is 3. The predicted molar refractivity (Wildman–Crippen MR) is 152 cm³/mol. The molecule has 0 fully saturated rings. The van der Waals surface area contributed by atoms with Gasteiger partial charge in [-0.2, -0.15) is 0 Å². The molecule has 0 saturated heterocycles. The fourth-order valence-corrected chi connectivity index (χ4v) is 5.15. The Hall–Kier alpha value is -4.02. The van der Waals surface area contributed by atoms with E-state index in [0.29, 0.717) is 27.9 Å². The van der Waals surface area contributed by atoms with Crippen LogP contribution in [0.2, 0.25) is 0 Å². The molecule has 3 aromatic carbocycles. The highest BCUT2D eigenvalue weighted by molar-refractivity contribution is 8.00. The number of para-hydroxylation sites is 1. The number of carbonyl (C=O) groups is 2. The molecule has 0 aliphatic rings.